The molecule has 0 aliphatic rings. The first kappa shape index (κ1) is 16.2. The molecule has 6 heteroatoms. The van der Waals surface area contributed by atoms with E-state index < -0.39 is 0 Å². The number of ether oxygens (including phenoxy) is 1. The maximum absolute atomic E-state index is 12.7. The van der Waals surface area contributed by atoms with Crippen LogP contribution in [0, 0.1) is 0 Å². The SMILES string of the molecule is O=C(OCc1nc2ccccc2s1)/C(=C/c1cccs1)c1cccs1. The summed E-state index contributed by atoms with van der Waals surface area (Å²) in [7, 11) is 0. The first-order chi connectivity index (χ1) is 12.3. The molecule has 124 valence electrons. The second-order valence-corrected chi connectivity index (χ2v) is 8.24. The van der Waals surface area contributed by atoms with Gasteiger partial charge in [-0.3, -0.25) is 0 Å². The Morgan fingerprint density at radius 2 is 1.88 bits per heavy atom. The van der Waals surface area contributed by atoms with E-state index in [2.05, 4.69) is 4.98 Å². The molecule has 0 bridgehead atoms. The van der Waals surface area contributed by atoms with E-state index in [0.29, 0.717) is 5.57 Å². The van der Waals surface area contributed by atoms with Crippen LogP contribution >= 0.6 is 34.0 Å². The Hall–Kier alpha value is -2.28. The molecule has 0 fully saturated rings. The van der Waals surface area contributed by atoms with Crippen molar-refractivity contribution in [3.63, 3.8) is 0 Å². The van der Waals surface area contributed by atoms with E-state index in [4.69, 9.17) is 4.74 Å². The van der Waals surface area contributed by atoms with Crippen LogP contribution in [0.3, 0.4) is 0 Å². The average molecular weight is 384 g/mol. The van der Waals surface area contributed by atoms with Gasteiger partial charge >= 0.3 is 5.97 Å². The van der Waals surface area contributed by atoms with Gasteiger partial charge in [-0.05, 0) is 41.1 Å². The van der Waals surface area contributed by atoms with Crippen molar-refractivity contribution in [1.82, 2.24) is 4.98 Å². The highest BCUT2D eigenvalue weighted by Crippen LogP contribution is 2.27. The van der Waals surface area contributed by atoms with E-state index in [-0.39, 0.29) is 12.6 Å². The highest BCUT2D eigenvalue weighted by Gasteiger charge is 2.16. The highest BCUT2D eigenvalue weighted by molar-refractivity contribution is 7.18. The van der Waals surface area contributed by atoms with Crippen molar-refractivity contribution < 1.29 is 9.53 Å². The van der Waals surface area contributed by atoms with Crippen molar-refractivity contribution in [3.05, 3.63) is 74.1 Å². The van der Waals surface area contributed by atoms with Gasteiger partial charge in [0.05, 0.1) is 15.8 Å². The summed E-state index contributed by atoms with van der Waals surface area (Å²) in [6.07, 6.45) is 1.89. The summed E-state index contributed by atoms with van der Waals surface area (Å²) in [5.74, 6) is -0.324. The standard InChI is InChI=1S/C19H13NO2S3/c21-19(22-12-18-20-15-6-1-2-7-17(15)25-18)14(16-8-4-10-24-16)11-13-5-3-9-23-13/h1-11H,12H2/b14-11+. The summed E-state index contributed by atoms with van der Waals surface area (Å²) >= 11 is 4.67. The van der Waals surface area contributed by atoms with Gasteiger partial charge in [-0.15, -0.1) is 34.0 Å². The van der Waals surface area contributed by atoms with Gasteiger partial charge in [0, 0.05) is 9.75 Å². The topological polar surface area (TPSA) is 39.2 Å². The fraction of sp³-hybridized carbons (Fsp3) is 0.0526. The van der Waals surface area contributed by atoms with Crippen molar-refractivity contribution in [2.75, 3.05) is 0 Å². The van der Waals surface area contributed by atoms with Gasteiger partial charge in [0.15, 0.2) is 0 Å². The lowest BCUT2D eigenvalue weighted by molar-refractivity contribution is -0.137. The molecule has 0 radical (unpaired) electrons. The van der Waals surface area contributed by atoms with Crippen molar-refractivity contribution >= 4 is 61.8 Å². The molecule has 3 aromatic heterocycles. The molecule has 0 N–H and O–H groups in total. The Bertz CT molecular complexity index is 981. The van der Waals surface area contributed by atoms with E-state index in [9.17, 15) is 4.79 Å². The van der Waals surface area contributed by atoms with Crippen LogP contribution in [-0.2, 0) is 16.1 Å². The molecule has 0 spiro atoms. The van der Waals surface area contributed by atoms with Crippen LogP contribution in [0.25, 0.3) is 21.9 Å². The summed E-state index contributed by atoms with van der Waals surface area (Å²) in [6, 6.07) is 15.7. The first-order valence-electron chi connectivity index (χ1n) is 7.60. The number of carbonyl (C=O) groups excluding carboxylic acids is 1. The molecule has 0 atom stereocenters. The predicted octanol–water partition coefficient (Wildman–Crippen LogP) is 5.70. The zero-order chi connectivity index (χ0) is 17.1. The van der Waals surface area contributed by atoms with E-state index in [1.807, 2.05) is 65.4 Å². The van der Waals surface area contributed by atoms with Gasteiger partial charge in [-0.2, -0.15) is 0 Å². The zero-order valence-corrected chi connectivity index (χ0v) is 15.5. The molecule has 4 aromatic rings. The Morgan fingerprint density at radius 1 is 1.04 bits per heavy atom. The molecular formula is C19H13NO2S3. The minimum atomic E-state index is -0.324. The summed E-state index contributed by atoms with van der Waals surface area (Å²) in [5, 5.41) is 4.75. The molecule has 3 nitrogen and oxygen atoms in total. The molecule has 0 saturated carbocycles. The number of benzene rings is 1. The van der Waals surface area contributed by atoms with E-state index in [1.54, 1.807) is 22.7 Å². The first-order valence-corrected chi connectivity index (χ1v) is 10.2. The summed E-state index contributed by atoms with van der Waals surface area (Å²) in [6.45, 7) is 0.186. The van der Waals surface area contributed by atoms with Crippen molar-refractivity contribution in [2.24, 2.45) is 0 Å². The van der Waals surface area contributed by atoms with E-state index in [1.165, 1.54) is 11.3 Å². The number of aromatic nitrogens is 1. The minimum Gasteiger partial charge on any atom is -0.455 e. The Kier molecular flexibility index (Phi) is 4.74. The molecule has 1 aromatic carbocycles. The fourth-order valence-corrected chi connectivity index (χ4v) is 4.63. The molecule has 0 saturated heterocycles. The highest BCUT2D eigenvalue weighted by atomic mass is 32.1. The van der Waals surface area contributed by atoms with Gasteiger partial charge in [-0.1, -0.05) is 24.3 Å². The summed E-state index contributed by atoms with van der Waals surface area (Å²) < 4.78 is 6.64. The minimum absolute atomic E-state index is 0.186. The van der Waals surface area contributed by atoms with Crippen molar-refractivity contribution in [2.45, 2.75) is 6.61 Å². The quantitative estimate of drug-likeness (QED) is 0.328. The molecule has 0 aliphatic heterocycles. The van der Waals surface area contributed by atoms with E-state index in [0.717, 1.165) is 25.0 Å². The lowest BCUT2D eigenvalue weighted by Gasteiger charge is -2.05. The Morgan fingerprint density at radius 3 is 2.64 bits per heavy atom. The number of hydrogen-bond acceptors (Lipinski definition) is 6. The lowest BCUT2D eigenvalue weighted by atomic mass is 10.2. The van der Waals surface area contributed by atoms with Crippen LogP contribution in [0.5, 0.6) is 0 Å². The van der Waals surface area contributed by atoms with E-state index >= 15 is 0 Å². The number of thiophene rings is 2. The van der Waals surface area contributed by atoms with Gasteiger partial charge in [0.1, 0.15) is 11.6 Å². The predicted molar refractivity (Wildman–Crippen MR) is 106 cm³/mol. The number of esters is 1. The molecule has 4 rings (SSSR count). The number of fused-ring (bicyclic) bond motifs is 1. The smallest absolute Gasteiger partial charge is 0.340 e. The largest absolute Gasteiger partial charge is 0.455 e. The van der Waals surface area contributed by atoms with Crippen molar-refractivity contribution in [3.8, 4) is 0 Å². The third-order valence-electron chi connectivity index (χ3n) is 3.50. The Labute approximate surface area is 156 Å². The average Bonchev–Trinajstić information content (AvgIpc) is 3.38. The molecule has 25 heavy (non-hydrogen) atoms. The van der Waals surface area contributed by atoms with Crippen LogP contribution in [0.4, 0.5) is 0 Å². The van der Waals surface area contributed by atoms with Gasteiger partial charge in [-0.25, -0.2) is 9.78 Å². The van der Waals surface area contributed by atoms with Crippen LogP contribution in [0.15, 0.2) is 59.3 Å². The monoisotopic (exact) mass is 383 g/mol. The van der Waals surface area contributed by atoms with Crippen LogP contribution in [0.1, 0.15) is 14.8 Å². The fourth-order valence-electron chi connectivity index (χ4n) is 2.36. The number of rotatable bonds is 5. The van der Waals surface area contributed by atoms with Gasteiger partial charge < -0.3 is 4.74 Å². The van der Waals surface area contributed by atoms with Crippen LogP contribution < -0.4 is 0 Å². The van der Waals surface area contributed by atoms with Crippen molar-refractivity contribution in [1.29, 1.82) is 0 Å². The van der Waals surface area contributed by atoms with Gasteiger partial charge in [0.25, 0.3) is 0 Å². The number of thiazole rings is 1. The normalized spacial score (nSPS) is 11.8. The van der Waals surface area contributed by atoms with Crippen LogP contribution in [0.2, 0.25) is 0 Å². The summed E-state index contributed by atoms with van der Waals surface area (Å²) in [4.78, 5) is 19.1. The number of para-hydroxylation sites is 1. The maximum Gasteiger partial charge on any atom is 0.340 e. The molecule has 3 heterocycles. The molecule has 0 amide bonds. The number of hydrogen-bond donors (Lipinski definition) is 0. The zero-order valence-electron chi connectivity index (χ0n) is 13.0. The maximum atomic E-state index is 12.7. The number of carbonyl (C=O) groups is 1. The second-order valence-electron chi connectivity index (χ2n) is 5.20. The van der Waals surface area contributed by atoms with Gasteiger partial charge in [0.2, 0.25) is 0 Å². The van der Waals surface area contributed by atoms with Crippen LogP contribution in [-0.4, -0.2) is 11.0 Å². The second kappa shape index (κ2) is 7.31. The lowest BCUT2D eigenvalue weighted by Crippen LogP contribution is -2.06. The molecule has 0 aliphatic carbocycles. The molecule has 0 unspecified atom stereocenters. The Balaban J connectivity index is 1.54. The third kappa shape index (κ3) is 3.71. The summed E-state index contributed by atoms with van der Waals surface area (Å²) in [5.41, 5.74) is 1.52. The molecular weight excluding hydrogens is 370 g/mol. The third-order valence-corrected chi connectivity index (χ3v) is 6.23. The number of nitrogens with zero attached hydrogens (tertiary/aromatic N) is 1.